The van der Waals surface area contributed by atoms with Crippen molar-refractivity contribution in [3.05, 3.63) is 150 Å². The Bertz CT molecular complexity index is 1780. The number of hydrogen-bond donors (Lipinski definition) is 0. The Hall–Kier alpha value is -2.37. The van der Waals surface area contributed by atoms with Crippen molar-refractivity contribution in [2.75, 3.05) is 6.61 Å². The van der Waals surface area contributed by atoms with Gasteiger partial charge in [-0.05, 0) is 89.4 Å². The number of benzene rings is 4. The van der Waals surface area contributed by atoms with E-state index in [1.165, 1.54) is 0 Å². The van der Waals surface area contributed by atoms with Crippen LogP contribution in [0.1, 0.15) is 65.8 Å². The third kappa shape index (κ3) is 5.73. The first-order valence-corrected chi connectivity index (χ1v) is 16.3. The maximum atomic E-state index is 17.1. The second-order valence-corrected chi connectivity index (χ2v) is 13.2. The minimum Gasteiger partial charge on any atom is -0.364 e. The van der Waals surface area contributed by atoms with Crippen LogP contribution in [0.3, 0.4) is 0 Å². The van der Waals surface area contributed by atoms with Gasteiger partial charge in [-0.2, -0.15) is 0 Å². The van der Waals surface area contributed by atoms with Gasteiger partial charge in [0.25, 0.3) is 0 Å². The van der Waals surface area contributed by atoms with E-state index in [2.05, 4.69) is 0 Å². The Morgan fingerprint density at radius 1 is 0.750 bits per heavy atom. The molecule has 44 heavy (non-hydrogen) atoms. The number of halogens is 7. The molecule has 2 atom stereocenters. The molecule has 0 spiro atoms. The first-order chi connectivity index (χ1) is 21.1. The summed E-state index contributed by atoms with van der Waals surface area (Å²) in [6.07, 6.45) is 2.70. The zero-order valence-electron chi connectivity index (χ0n) is 23.6. The van der Waals surface area contributed by atoms with Crippen LogP contribution in [0.5, 0.6) is 0 Å². The predicted octanol–water partition coefficient (Wildman–Crippen LogP) is 13.0. The minimum atomic E-state index is -1.65. The molecule has 4 aromatic carbocycles. The number of rotatable bonds is 8. The predicted molar refractivity (Wildman–Crippen MR) is 180 cm³/mol. The van der Waals surface area contributed by atoms with Gasteiger partial charge in [0.05, 0.1) is 16.0 Å². The lowest BCUT2D eigenvalue weighted by atomic mass is 9.64. The molecular weight excluding hydrogens is 664 g/mol. The molecule has 0 bridgehead atoms. The summed E-state index contributed by atoms with van der Waals surface area (Å²) in [6.45, 7) is 2.16. The van der Waals surface area contributed by atoms with E-state index in [1.54, 1.807) is 48.5 Å². The molecule has 2 aliphatic carbocycles. The molecule has 0 saturated heterocycles. The topological polar surface area (TPSA) is 9.23 Å². The van der Waals surface area contributed by atoms with Gasteiger partial charge in [-0.3, -0.25) is 0 Å². The molecule has 0 amide bonds. The molecular formula is C36H27Cl5F2O. The average molecular weight is 691 g/mol. The second kappa shape index (κ2) is 12.8. The molecule has 6 rings (SSSR count). The standard InChI is InChI=1S/C36H27Cl5F2O/c1-2-14-44-36(24-17-25(37)19-26(38)18-24)32(21-6-4-3-5-7-21)31(22-10-12-27(20-8-9-20)29(40)15-22)34(42)35(43)33(36)23-11-13-28(39)30(41)16-23/h3-7,10-13,15-20,33H,2,8-9,14H2,1H3. The quantitative estimate of drug-likeness (QED) is 0.179. The second-order valence-electron chi connectivity index (χ2n) is 11.1. The lowest BCUT2D eigenvalue weighted by Crippen LogP contribution is -2.42. The number of ether oxygens (including phenoxy) is 1. The highest BCUT2D eigenvalue weighted by Gasteiger charge is 2.54. The van der Waals surface area contributed by atoms with Crippen LogP contribution in [0.25, 0.3) is 11.1 Å². The molecule has 4 aromatic rings. The molecule has 2 aliphatic rings. The summed E-state index contributed by atoms with van der Waals surface area (Å²) in [5.41, 5.74) is 1.69. The fourth-order valence-corrected chi connectivity index (χ4v) is 7.33. The van der Waals surface area contributed by atoms with Gasteiger partial charge in [0.1, 0.15) is 11.4 Å². The van der Waals surface area contributed by atoms with Crippen molar-refractivity contribution >= 4 is 69.2 Å². The van der Waals surface area contributed by atoms with Crippen molar-refractivity contribution in [2.24, 2.45) is 0 Å². The molecule has 0 aromatic heterocycles. The first kappa shape index (κ1) is 31.6. The van der Waals surface area contributed by atoms with E-state index in [4.69, 9.17) is 62.7 Å². The van der Waals surface area contributed by atoms with Crippen molar-refractivity contribution in [1.29, 1.82) is 0 Å². The van der Waals surface area contributed by atoms with Crippen LogP contribution in [0, 0.1) is 0 Å². The SMILES string of the molecule is CCCOC1(c2cc(Cl)cc(Cl)c2)C(c2ccccc2)=C(c2ccc(C3CC3)c(Cl)c2)C(F)=C(F)C1c1ccc(Cl)c(Cl)c1. The largest absolute Gasteiger partial charge is 0.364 e. The van der Waals surface area contributed by atoms with Gasteiger partial charge in [0.15, 0.2) is 5.83 Å². The summed E-state index contributed by atoms with van der Waals surface area (Å²) >= 11 is 32.7. The number of hydrogen-bond acceptors (Lipinski definition) is 1. The van der Waals surface area contributed by atoms with Gasteiger partial charge >= 0.3 is 0 Å². The highest BCUT2D eigenvalue weighted by Crippen LogP contribution is 2.61. The van der Waals surface area contributed by atoms with Crippen molar-refractivity contribution in [3.63, 3.8) is 0 Å². The first-order valence-electron chi connectivity index (χ1n) is 14.4. The molecule has 226 valence electrons. The summed E-state index contributed by atoms with van der Waals surface area (Å²) in [6, 6.07) is 24.4. The smallest absolute Gasteiger partial charge is 0.163 e. The lowest BCUT2D eigenvalue weighted by Gasteiger charge is -2.46. The van der Waals surface area contributed by atoms with Crippen LogP contribution in [-0.4, -0.2) is 6.61 Å². The molecule has 1 nitrogen and oxygen atoms in total. The van der Waals surface area contributed by atoms with Gasteiger partial charge in [0.2, 0.25) is 0 Å². The molecule has 0 heterocycles. The monoisotopic (exact) mass is 688 g/mol. The third-order valence-corrected chi connectivity index (χ3v) is 9.68. The van der Waals surface area contributed by atoms with Gasteiger partial charge in [-0.15, -0.1) is 0 Å². The summed E-state index contributed by atoms with van der Waals surface area (Å²) in [7, 11) is 0. The summed E-state index contributed by atoms with van der Waals surface area (Å²) in [5.74, 6) is -2.98. The fraction of sp³-hybridized carbons (Fsp3) is 0.222. The number of allylic oxidation sites excluding steroid dienone is 2. The lowest BCUT2D eigenvalue weighted by molar-refractivity contribution is -0.0227. The van der Waals surface area contributed by atoms with E-state index in [0.717, 1.165) is 18.4 Å². The minimum absolute atomic E-state index is 0.0430. The van der Waals surface area contributed by atoms with Crippen LogP contribution in [-0.2, 0) is 10.3 Å². The maximum Gasteiger partial charge on any atom is 0.163 e. The normalized spacial score (nSPS) is 20.4. The van der Waals surface area contributed by atoms with Gasteiger partial charge in [-0.1, -0.05) is 113 Å². The highest BCUT2D eigenvalue weighted by molar-refractivity contribution is 6.42. The molecule has 1 fully saturated rings. The van der Waals surface area contributed by atoms with Crippen LogP contribution in [0.4, 0.5) is 8.78 Å². The van der Waals surface area contributed by atoms with E-state index in [9.17, 15) is 0 Å². The third-order valence-electron chi connectivity index (χ3n) is 8.18. The van der Waals surface area contributed by atoms with Crippen molar-refractivity contribution < 1.29 is 13.5 Å². The van der Waals surface area contributed by atoms with E-state index in [1.807, 2.05) is 43.3 Å². The van der Waals surface area contributed by atoms with Crippen molar-refractivity contribution in [2.45, 2.75) is 43.6 Å². The van der Waals surface area contributed by atoms with Gasteiger partial charge in [0, 0.05) is 32.8 Å². The van der Waals surface area contributed by atoms with Gasteiger partial charge < -0.3 is 4.74 Å². The zero-order valence-corrected chi connectivity index (χ0v) is 27.4. The Balaban J connectivity index is 1.78. The fourth-order valence-electron chi connectivity index (χ4n) is 6.16. The van der Waals surface area contributed by atoms with E-state index in [0.29, 0.717) is 55.2 Å². The Morgan fingerprint density at radius 3 is 2.07 bits per heavy atom. The van der Waals surface area contributed by atoms with Crippen LogP contribution in [0.2, 0.25) is 25.1 Å². The average Bonchev–Trinajstić information content (AvgIpc) is 3.84. The van der Waals surface area contributed by atoms with Gasteiger partial charge in [-0.25, -0.2) is 8.78 Å². The summed E-state index contributed by atoms with van der Waals surface area (Å²) < 4.78 is 41.0. The highest BCUT2D eigenvalue weighted by atomic mass is 35.5. The molecule has 0 N–H and O–H groups in total. The van der Waals surface area contributed by atoms with E-state index in [-0.39, 0.29) is 22.2 Å². The van der Waals surface area contributed by atoms with Crippen LogP contribution < -0.4 is 0 Å². The zero-order chi connectivity index (χ0) is 31.2. The van der Waals surface area contributed by atoms with Crippen LogP contribution in [0.15, 0.2) is 96.6 Å². The molecule has 0 radical (unpaired) electrons. The molecule has 1 saturated carbocycles. The summed E-state index contributed by atoms with van der Waals surface area (Å²) in [4.78, 5) is 0. The molecule has 8 heteroatoms. The summed E-state index contributed by atoms with van der Waals surface area (Å²) in [5, 5.41) is 1.63. The van der Waals surface area contributed by atoms with Crippen molar-refractivity contribution in [1.82, 2.24) is 0 Å². The van der Waals surface area contributed by atoms with Crippen LogP contribution >= 0.6 is 58.0 Å². The Kier molecular flexibility index (Phi) is 9.19. The van der Waals surface area contributed by atoms with E-state index < -0.39 is 23.2 Å². The maximum absolute atomic E-state index is 17.1. The molecule has 2 unspecified atom stereocenters. The molecule has 0 aliphatic heterocycles. The van der Waals surface area contributed by atoms with E-state index >= 15 is 8.78 Å². The van der Waals surface area contributed by atoms with Crippen molar-refractivity contribution in [3.8, 4) is 0 Å². The Morgan fingerprint density at radius 2 is 1.45 bits per heavy atom. The Labute approximate surface area is 281 Å².